The summed E-state index contributed by atoms with van der Waals surface area (Å²) < 4.78 is 21.4. The minimum absolute atomic E-state index is 0.200. The number of hydrogen-bond donors (Lipinski definition) is 1. The van der Waals surface area contributed by atoms with Gasteiger partial charge in [0.25, 0.3) is 5.91 Å². The second-order valence-corrected chi connectivity index (χ2v) is 7.51. The summed E-state index contributed by atoms with van der Waals surface area (Å²) in [6, 6.07) is 18.4. The Morgan fingerprint density at radius 3 is 2.37 bits per heavy atom. The molecule has 0 atom stereocenters. The first-order chi connectivity index (χ1) is 17.0. The van der Waals surface area contributed by atoms with Gasteiger partial charge in [-0.1, -0.05) is 12.1 Å². The summed E-state index contributed by atoms with van der Waals surface area (Å²) in [7, 11) is 1.59. The smallest absolute Gasteiger partial charge is 0.338 e. The maximum Gasteiger partial charge on any atom is 0.338 e. The number of ether oxygens (including phenoxy) is 4. The van der Waals surface area contributed by atoms with E-state index in [1.807, 2.05) is 12.1 Å². The van der Waals surface area contributed by atoms with Crippen LogP contribution in [0.2, 0.25) is 0 Å². The third-order valence-corrected chi connectivity index (χ3v) is 5.10. The quantitative estimate of drug-likeness (QED) is 0.380. The van der Waals surface area contributed by atoms with E-state index >= 15 is 0 Å². The summed E-state index contributed by atoms with van der Waals surface area (Å²) in [4.78, 5) is 36.6. The summed E-state index contributed by atoms with van der Waals surface area (Å²) in [5.41, 5.74) is 2.13. The predicted molar refractivity (Wildman–Crippen MR) is 129 cm³/mol. The summed E-state index contributed by atoms with van der Waals surface area (Å²) in [5, 5.41) is 2.69. The van der Waals surface area contributed by atoms with Crippen LogP contribution in [0.25, 0.3) is 6.08 Å². The first kappa shape index (κ1) is 23.6. The van der Waals surface area contributed by atoms with Gasteiger partial charge in [0.05, 0.1) is 24.8 Å². The Hall–Kier alpha value is -4.59. The van der Waals surface area contributed by atoms with Crippen molar-refractivity contribution in [2.45, 2.75) is 6.92 Å². The van der Waals surface area contributed by atoms with E-state index in [1.165, 1.54) is 0 Å². The molecule has 4 rings (SSSR count). The molecule has 35 heavy (non-hydrogen) atoms. The minimum atomic E-state index is -0.423. The van der Waals surface area contributed by atoms with E-state index in [2.05, 4.69) is 5.32 Å². The van der Waals surface area contributed by atoms with Crippen molar-refractivity contribution >= 4 is 29.4 Å². The normalized spacial score (nSPS) is 13.1. The summed E-state index contributed by atoms with van der Waals surface area (Å²) in [6.07, 6.45) is 1.66. The van der Waals surface area contributed by atoms with Gasteiger partial charge in [0.15, 0.2) is 12.4 Å². The van der Waals surface area contributed by atoms with Crippen LogP contribution in [0.15, 0.2) is 72.5 Å². The van der Waals surface area contributed by atoms with Crippen molar-refractivity contribution < 1.29 is 33.3 Å². The SMILES string of the molecule is CCOC(=O)c1ccc(NC(=O)COc2ccc3c(c2)OC(=Cc2ccc(OC)cc2)C3=O)cc1. The predicted octanol–water partition coefficient (Wildman–Crippen LogP) is 4.51. The largest absolute Gasteiger partial charge is 0.497 e. The number of Topliss-reactive ketones (excluding diaryl/α,β-unsaturated/α-hetero) is 1. The highest BCUT2D eigenvalue weighted by Crippen LogP contribution is 2.35. The zero-order valence-corrected chi connectivity index (χ0v) is 19.2. The second kappa shape index (κ2) is 10.6. The van der Waals surface area contributed by atoms with Crippen LogP contribution in [0.4, 0.5) is 5.69 Å². The standard InChI is InChI=1S/C27H23NO7/c1-3-33-27(31)18-6-8-19(9-7-18)28-25(29)16-34-21-12-13-22-23(15-21)35-24(26(22)30)14-17-4-10-20(32-2)11-5-17/h4-15H,3,16H2,1-2H3,(H,28,29). The first-order valence-corrected chi connectivity index (χ1v) is 10.9. The number of esters is 1. The number of carbonyl (C=O) groups is 3. The molecular formula is C27H23NO7. The van der Waals surface area contributed by atoms with E-state index < -0.39 is 5.97 Å². The van der Waals surface area contributed by atoms with Gasteiger partial charge in [0.2, 0.25) is 5.78 Å². The van der Waals surface area contributed by atoms with Crippen molar-refractivity contribution in [1.29, 1.82) is 0 Å². The Kier molecular flexibility index (Phi) is 7.11. The van der Waals surface area contributed by atoms with E-state index in [9.17, 15) is 14.4 Å². The topological polar surface area (TPSA) is 100 Å². The molecule has 8 nitrogen and oxygen atoms in total. The lowest BCUT2D eigenvalue weighted by molar-refractivity contribution is -0.118. The zero-order valence-electron chi connectivity index (χ0n) is 19.2. The van der Waals surface area contributed by atoms with Crippen LogP contribution in [0.1, 0.15) is 33.2 Å². The second-order valence-electron chi connectivity index (χ2n) is 7.51. The molecule has 0 fully saturated rings. The van der Waals surface area contributed by atoms with Gasteiger partial charge in [-0.3, -0.25) is 9.59 Å². The lowest BCUT2D eigenvalue weighted by Crippen LogP contribution is -2.20. The maximum absolute atomic E-state index is 12.7. The third kappa shape index (κ3) is 5.67. The molecule has 0 radical (unpaired) electrons. The number of fused-ring (bicyclic) bond motifs is 1. The number of nitrogens with one attached hydrogen (secondary N) is 1. The van der Waals surface area contributed by atoms with E-state index in [0.717, 1.165) is 5.56 Å². The number of rotatable bonds is 8. The van der Waals surface area contributed by atoms with Crippen molar-refractivity contribution in [3.63, 3.8) is 0 Å². The van der Waals surface area contributed by atoms with E-state index in [0.29, 0.717) is 34.1 Å². The lowest BCUT2D eigenvalue weighted by atomic mass is 10.1. The van der Waals surface area contributed by atoms with Gasteiger partial charge in [0.1, 0.15) is 17.2 Å². The Labute approximate surface area is 202 Å². The molecule has 0 aliphatic carbocycles. The number of carbonyl (C=O) groups excluding carboxylic acids is 3. The Balaban J connectivity index is 1.34. The molecule has 0 spiro atoms. The van der Waals surface area contributed by atoms with Gasteiger partial charge >= 0.3 is 5.97 Å². The minimum Gasteiger partial charge on any atom is -0.497 e. The number of allylic oxidation sites excluding steroid dienone is 1. The van der Waals surface area contributed by atoms with Gasteiger partial charge < -0.3 is 24.3 Å². The molecule has 1 N–H and O–H groups in total. The lowest BCUT2D eigenvalue weighted by Gasteiger charge is -2.09. The molecule has 0 unspecified atom stereocenters. The highest BCUT2D eigenvalue weighted by Gasteiger charge is 2.27. The van der Waals surface area contributed by atoms with Crippen molar-refractivity contribution in [1.82, 2.24) is 0 Å². The van der Waals surface area contributed by atoms with E-state index in [-0.39, 0.29) is 30.7 Å². The van der Waals surface area contributed by atoms with Crippen LogP contribution in [-0.2, 0) is 9.53 Å². The molecule has 0 aromatic heterocycles. The molecule has 0 saturated heterocycles. The van der Waals surface area contributed by atoms with Crippen LogP contribution in [0.3, 0.4) is 0 Å². The van der Waals surface area contributed by atoms with Crippen LogP contribution in [0.5, 0.6) is 17.2 Å². The maximum atomic E-state index is 12.7. The summed E-state index contributed by atoms with van der Waals surface area (Å²) in [6.45, 7) is 1.77. The first-order valence-electron chi connectivity index (χ1n) is 10.9. The van der Waals surface area contributed by atoms with Crippen molar-refractivity contribution in [2.24, 2.45) is 0 Å². The average molecular weight is 473 g/mol. The Bertz CT molecular complexity index is 1280. The van der Waals surface area contributed by atoms with Gasteiger partial charge in [-0.15, -0.1) is 0 Å². The molecular weight excluding hydrogens is 450 g/mol. The zero-order chi connectivity index (χ0) is 24.8. The third-order valence-electron chi connectivity index (χ3n) is 5.10. The van der Waals surface area contributed by atoms with Crippen molar-refractivity contribution in [3.05, 3.63) is 89.2 Å². The van der Waals surface area contributed by atoms with Crippen molar-refractivity contribution in [3.8, 4) is 17.2 Å². The van der Waals surface area contributed by atoms with E-state index in [1.54, 1.807) is 74.7 Å². The molecule has 178 valence electrons. The van der Waals surface area contributed by atoms with Crippen LogP contribution < -0.4 is 19.5 Å². The number of hydrogen-bond acceptors (Lipinski definition) is 7. The Morgan fingerprint density at radius 2 is 1.69 bits per heavy atom. The molecule has 8 heteroatoms. The fourth-order valence-electron chi connectivity index (χ4n) is 3.36. The molecule has 1 aliphatic heterocycles. The monoisotopic (exact) mass is 473 g/mol. The molecule has 3 aromatic rings. The fraction of sp³-hybridized carbons (Fsp3) is 0.148. The molecule has 1 aliphatic rings. The van der Waals surface area contributed by atoms with Crippen LogP contribution in [0, 0.1) is 0 Å². The molecule has 1 heterocycles. The van der Waals surface area contributed by atoms with Gasteiger partial charge in [-0.25, -0.2) is 4.79 Å². The highest BCUT2D eigenvalue weighted by molar-refractivity contribution is 6.14. The number of amides is 1. The van der Waals surface area contributed by atoms with Crippen LogP contribution in [-0.4, -0.2) is 38.0 Å². The average Bonchev–Trinajstić information content (AvgIpc) is 3.18. The molecule has 1 amide bonds. The number of anilines is 1. The molecule has 0 bridgehead atoms. The van der Waals surface area contributed by atoms with E-state index in [4.69, 9.17) is 18.9 Å². The van der Waals surface area contributed by atoms with Gasteiger partial charge in [0, 0.05) is 11.8 Å². The summed E-state index contributed by atoms with van der Waals surface area (Å²) >= 11 is 0. The van der Waals surface area contributed by atoms with Crippen LogP contribution >= 0.6 is 0 Å². The molecule has 3 aromatic carbocycles. The number of ketones is 1. The fourth-order valence-corrected chi connectivity index (χ4v) is 3.36. The summed E-state index contributed by atoms with van der Waals surface area (Å²) in [5.74, 6) is 0.628. The van der Waals surface area contributed by atoms with Gasteiger partial charge in [-0.05, 0) is 67.1 Å². The number of methoxy groups -OCH3 is 1. The van der Waals surface area contributed by atoms with Crippen molar-refractivity contribution in [2.75, 3.05) is 25.6 Å². The number of benzene rings is 3. The van der Waals surface area contributed by atoms with Gasteiger partial charge in [-0.2, -0.15) is 0 Å². The highest BCUT2D eigenvalue weighted by atomic mass is 16.5. The Morgan fingerprint density at radius 1 is 0.971 bits per heavy atom. The molecule has 0 saturated carbocycles.